The largest absolute Gasteiger partial charge is 0.476 e. The lowest BCUT2D eigenvalue weighted by atomic mass is 9.77. The van der Waals surface area contributed by atoms with Gasteiger partial charge in [0.1, 0.15) is 0 Å². The lowest BCUT2D eigenvalue weighted by molar-refractivity contribution is -0.129. The van der Waals surface area contributed by atoms with E-state index in [-0.39, 0.29) is 23.8 Å². The van der Waals surface area contributed by atoms with Crippen LogP contribution in [0.25, 0.3) is 0 Å². The molecular formula is C12H15N3O4. The molecule has 0 aromatic carbocycles. The van der Waals surface area contributed by atoms with Crippen molar-refractivity contribution in [1.82, 2.24) is 9.97 Å². The van der Waals surface area contributed by atoms with E-state index in [9.17, 15) is 9.59 Å². The van der Waals surface area contributed by atoms with Crippen molar-refractivity contribution in [3.8, 4) is 0 Å². The standard InChI is InChI=1S/C12H15N3O4/c1-19-12(3-2-4-12)7-8(16)15-10-9(11(17)18)13-5-6-14-10/h5-6H,2-4,7H2,1H3,(H,17,18)(H,14,15,16). The van der Waals surface area contributed by atoms with Crippen LogP contribution in [0.3, 0.4) is 0 Å². The van der Waals surface area contributed by atoms with E-state index in [1.807, 2.05) is 0 Å². The number of carboxylic acid groups (broad SMARTS) is 1. The average molecular weight is 265 g/mol. The number of nitrogens with zero attached hydrogens (tertiary/aromatic N) is 2. The summed E-state index contributed by atoms with van der Waals surface area (Å²) in [6.45, 7) is 0. The van der Waals surface area contributed by atoms with Crippen LogP contribution >= 0.6 is 0 Å². The lowest BCUT2D eigenvalue weighted by Gasteiger charge is -2.39. The normalized spacial score (nSPS) is 16.5. The van der Waals surface area contributed by atoms with Crippen LogP contribution in [0.1, 0.15) is 36.2 Å². The Balaban J connectivity index is 2.05. The fourth-order valence-electron chi connectivity index (χ4n) is 2.08. The summed E-state index contributed by atoms with van der Waals surface area (Å²) in [6.07, 6.45) is 5.50. The monoisotopic (exact) mass is 265 g/mol. The number of nitrogens with one attached hydrogen (secondary N) is 1. The molecule has 1 aromatic rings. The fraction of sp³-hybridized carbons (Fsp3) is 0.500. The van der Waals surface area contributed by atoms with Crippen molar-refractivity contribution in [2.24, 2.45) is 0 Å². The van der Waals surface area contributed by atoms with Crippen molar-refractivity contribution in [1.29, 1.82) is 0 Å². The molecule has 1 amide bonds. The smallest absolute Gasteiger partial charge is 0.358 e. The quantitative estimate of drug-likeness (QED) is 0.825. The summed E-state index contributed by atoms with van der Waals surface area (Å²) in [5, 5.41) is 11.4. The Morgan fingerprint density at radius 3 is 2.63 bits per heavy atom. The van der Waals surface area contributed by atoms with Gasteiger partial charge in [0.05, 0.1) is 12.0 Å². The van der Waals surface area contributed by atoms with Crippen LogP contribution in [-0.2, 0) is 9.53 Å². The van der Waals surface area contributed by atoms with E-state index in [1.165, 1.54) is 12.4 Å². The molecule has 0 aliphatic heterocycles. The number of ether oxygens (including phenoxy) is 1. The Labute approximate surface area is 110 Å². The maximum absolute atomic E-state index is 11.9. The molecule has 1 saturated carbocycles. The SMILES string of the molecule is COC1(CC(=O)Nc2nccnc2C(=O)O)CCC1. The molecule has 7 heteroatoms. The van der Waals surface area contributed by atoms with Crippen molar-refractivity contribution in [3.05, 3.63) is 18.1 Å². The van der Waals surface area contributed by atoms with Crippen molar-refractivity contribution < 1.29 is 19.4 Å². The third kappa shape index (κ3) is 2.87. The van der Waals surface area contributed by atoms with Gasteiger partial charge in [-0.05, 0) is 19.3 Å². The van der Waals surface area contributed by atoms with Crippen LogP contribution < -0.4 is 5.32 Å². The summed E-state index contributed by atoms with van der Waals surface area (Å²) < 4.78 is 5.35. The molecule has 0 atom stereocenters. The molecule has 2 rings (SSSR count). The van der Waals surface area contributed by atoms with E-state index in [2.05, 4.69) is 15.3 Å². The molecule has 1 aromatic heterocycles. The maximum atomic E-state index is 11.9. The zero-order valence-electron chi connectivity index (χ0n) is 10.5. The highest BCUT2D eigenvalue weighted by Gasteiger charge is 2.39. The minimum Gasteiger partial charge on any atom is -0.476 e. The number of rotatable bonds is 5. The Morgan fingerprint density at radius 2 is 2.11 bits per heavy atom. The van der Waals surface area contributed by atoms with Crippen LogP contribution in [0, 0.1) is 0 Å². The molecule has 1 heterocycles. The molecule has 2 N–H and O–H groups in total. The third-order valence-electron chi connectivity index (χ3n) is 3.34. The van der Waals surface area contributed by atoms with Crippen LogP contribution in [0.15, 0.2) is 12.4 Å². The van der Waals surface area contributed by atoms with Crippen molar-refractivity contribution >= 4 is 17.7 Å². The van der Waals surface area contributed by atoms with E-state index < -0.39 is 11.6 Å². The first-order valence-corrected chi connectivity index (χ1v) is 5.96. The Bertz CT molecular complexity index is 494. The van der Waals surface area contributed by atoms with Gasteiger partial charge in [0.2, 0.25) is 5.91 Å². The van der Waals surface area contributed by atoms with Gasteiger partial charge in [0.25, 0.3) is 0 Å². The second-order valence-electron chi connectivity index (χ2n) is 4.52. The van der Waals surface area contributed by atoms with Gasteiger partial charge in [-0.25, -0.2) is 14.8 Å². The highest BCUT2D eigenvalue weighted by atomic mass is 16.5. The topological polar surface area (TPSA) is 101 Å². The Kier molecular flexibility index (Phi) is 3.75. The van der Waals surface area contributed by atoms with E-state index in [0.29, 0.717) is 0 Å². The fourth-order valence-corrected chi connectivity index (χ4v) is 2.08. The highest BCUT2D eigenvalue weighted by Crippen LogP contribution is 2.38. The minimum absolute atomic E-state index is 0.0365. The average Bonchev–Trinajstić information content (AvgIpc) is 2.34. The number of methoxy groups -OCH3 is 1. The first kappa shape index (κ1) is 13.4. The first-order chi connectivity index (χ1) is 9.06. The molecular weight excluding hydrogens is 250 g/mol. The van der Waals surface area contributed by atoms with Crippen molar-refractivity contribution in [2.75, 3.05) is 12.4 Å². The number of carbonyl (C=O) groups is 2. The molecule has 7 nitrogen and oxygen atoms in total. The Hall–Kier alpha value is -2.02. The molecule has 1 aliphatic carbocycles. The van der Waals surface area contributed by atoms with Crippen LogP contribution in [0.2, 0.25) is 0 Å². The van der Waals surface area contributed by atoms with Gasteiger partial charge in [0.15, 0.2) is 11.5 Å². The summed E-state index contributed by atoms with van der Waals surface area (Å²) in [5.74, 6) is -1.58. The maximum Gasteiger partial charge on any atom is 0.358 e. The van der Waals surface area contributed by atoms with Gasteiger partial charge in [-0.1, -0.05) is 0 Å². The molecule has 0 radical (unpaired) electrons. The summed E-state index contributed by atoms with van der Waals surface area (Å²) in [5.41, 5.74) is -0.675. The zero-order valence-corrected chi connectivity index (χ0v) is 10.5. The molecule has 0 unspecified atom stereocenters. The molecule has 0 bridgehead atoms. The van der Waals surface area contributed by atoms with Gasteiger partial charge in [-0.15, -0.1) is 0 Å². The number of amides is 1. The van der Waals surface area contributed by atoms with E-state index in [1.54, 1.807) is 7.11 Å². The number of anilines is 1. The molecule has 0 spiro atoms. The Morgan fingerprint density at radius 1 is 1.42 bits per heavy atom. The molecule has 102 valence electrons. The second kappa shape index (κ2) is 5.31. The van der Waals surface area contributed by atoms with Crippen LogP contribution in [0.5, 0.6) is 0 Å². The van der Waals surface area contributed by atoms with E-state index in [0.717, 1.165) is 19.3 Å². The predicted octanol–water partition coefficient (Wildman–Crippen LogP) is 1.07. The number of hydrogen-bond acceptors (Lipinski definition) is 5. The molecule has 1 aliphatic rings. The van der Waals surface area contributed by atoms with Gasteiger partial charge in [-0.2, -0.15) is 0 Å². The summed E-state index contributed by atoms with van der Waals surface area (Å²) in [6, 6.07) is 0. The summed E-state index contributed by atoms with van der Waals surface area (Å²) in [4.78, 5) is 30.3. The van der Waals surface area contributed by atoms with Crippen molar-refractivity contribution in [3.63, 3.8) is 0 Å². The number of carboxylic acids is 1. The van der Waals surface area contributed by atoms with Gasteiger partial charge in [0, 0.05) is 19.5 Å². The minimum atomic E-state index is -1.23. The summed E-state index contributed by atoms with van der Waals surface area (Å²) >= 11 is 0. The zero-order chi connectivity index (χ0) is 13.9. The van der Waals surface area contributed by atoms with E-state index >= 15 is 0 Å². The number of aromatic nitrogens is 2. The molecule has 19 heavy (non-hydrogen) atoms. The van der Waals surface area contributed by atoms with Crippen LogP contribution in [0.4, 0.5) is 5.82 Å². The predicted molar refractivity (Wildman–Crippen MR) is 65.8 cm³/mol. The van der Waals surface area contributed by atoms with Gasteiger partial charge < -0.3 is 15.2 Å². The summed E-state index contributed by atoms with van der Waals surface area (Å²) in [7, 11) is 1.58. The number of carbonyl (C=O) groups excluding carboxylic acids is 1. The van der Waals surface area contributed by atoms with E-state index in [4.69, 9.17) is 9.84 Å². The lowest BCUT2D eigenvalue weighted by Crippen LogP contribution is -2.42. The second-order valence-corrected chi connectivity index (χ2v) is 4.52. The van der Waals surface area contributed by atoms with Gasteiger partial charge in [-0.3, -0.25) is 4.79 Å². The van der Waals surface area contributed by atoms with Gasteiger partial charge >= 0.3 is 5.97 Å². The molecule has 0 saturated heterocycles. The number of hydrogen-bond donors (Lipinski definition) is 2. The van der Waals surface area contributed by atoms with Crippen molar-refractivity contribution in [2.45, 2.75) is 31.3 Å². The third-order valence-corrected chi connectivity index (χ3v) is 3.34. The van der Waals surface area contributed by atoms with Crippen LogP contribution in [-0.4, -0.2) is 39.7 Å². The highest BCUT2D eigenvalue weighted by molar-refractivity contribution is 5.98. The number of aromatic carboxylic acids is 1. The first-order valence-electron chi connectivity index (χ1n) is 5.96. The molecule has 1 fully saturated rings.